The Kier molecular flexibility index (Phi) is 6.05. The third-order valence-electron chi connectivity index (χ3n) is 6.03. The molecule has 3 amide bonds. The highest BCUT2D eigenvalue weighted by molar-refractivity contribution is 6.03. The van der Waals surface area contributed by atoms with Gasteiger partial charge in [-0.15, -0.1) is 0 Å². The molecule has 156 valence electrons. The molecule has 3 saturated heterocycles. The highest BCUT2D eigenvalue weighted by Crippen LogP contribution is 2.19. The number of amides is 3. The van der Waals surface area contributed by atoms with E-state index in [1.807, 2.05) is 6.07 Å². The number of carbonyl (C=O) groups is 3. The van der Waals surface area contributed by atoms with Crippen LogP contribution >= 0.6 is 0 Å². The zero-order chi connectivity index (χ0) is 20.2. The van der Waals surface area contributed by atoms with Gasteiger partial charge in [0.05, 0.1) is 11.9 Å². The number of piperazine rings is 1. The summed E-state index contributed by atoms with van der Waals surface area (Å²) in [6.07, 6.45) is 4.71. The molecular weight excluding hydrogens is 372 g/mol. The van der Waals surface area contributed by atoms with Crippen LogP contribution in [-0.2, 0) is 9.59 Å². The minimum absolute atomic E-state index is 0.229. The van der Waals surface area contributed by atoms with E-state index in [0.29, 0.717) is 12.5 Å². The quantitative estimate of drug-likeness (QED) is 0.585. The first-order valence-corrected chi connectivity index (χ1v) is 10.4. The summed E-state index contributed by atoms with van der Waals surface area (Å²) in [4.78, 5) is 44.6. The Balaban J connectivity index is 1.29. The third-order valence-corrected chi connectivity index (χ3v) is 6.03. The summed E-state index contributed by atoms with van der Waals surface area (Å²) in [6, 6.07) is 3.60. The minimum Gasteiger partial charge on any atom is -0.368 e. The molecule has 0 saturated carbocycles. The van der Waals surface area contributed by atoms with Crippen molar-refractivity contribution in [3.63, 3.8) is 0 Å². The molecule has 3 N–H and O–H groups in total. The highest BCUT2D eigenvalue weighted by Gasteiger charge is 2.29. The van der Waals surface area contributed by atoms with Gasteiger partial charge < -0.3 is 15.5 Å². The van der Waals surface area contributed by atoms with Crippen molar-refractivity contribution in [2.45, 2.75) is 37.8 Å². The van der Waals surface area contributed by atoms with E-state index in [4.69, 9.17) is 0 Å². The molecule has 9 heteroatoms. The van der Waals surface area contributed by atoms with Crippen molar-refractivity contribution in [1.82, 2.24) is 25.8 Å². The number of hydrogen-bond acceptors (Lipinski definition) is 7. The summed E-state index contributed by atoms with van der Waals surface area (Å²) in [7, 11) is 0. The Morgan fingerprint density at radius 2 is 1.83 bits per heavy atom. The highest BCUT2D eigenvalue weighted by atomic mass is 16.2. The van der Waals surface area contributed by atoms with Crippen LogP contribution in [-0.4, -0.2) is 79.0 Å². The maximum absolute atomic E-state index is 12.4. The number of aromatic nitrogens is 1. The Labute approximate surface area is 170 Å². The fraction of sp³-hybridized carbons (Fsp3) is 0.600. The van der Waals surface area contributed by atoms with E-state index in [-0.39, 0.29) is 18.0 Å². The molecule has 1 atom stereocenters. The van der Waals surface area contributed by atoms with Crippen LogP contribution in [0, 0.1) is 0 Å². The van der Waals surface area contributed by atoms with Gasteiger partial charge in [-0.2, -0.15) is 0 Å². The van der Waals surface area contributed by atoms with Crippen LogP contribution in [0.25, 0.3) is 0 Å². The van der Waals surface area contributed by atoms with Gasteiger partial charge in [-0.25, -0.2) is 4.98 Å². The molecule has 9 nitrogen and oxygen atoms in total. The molecule has 3 fully saturated rings. The lowest BCUT2D eigenvalue weighted by atomic mass is 10.0. The van der Waals surface area contributed by atoms with Crippen LogP contribution in [0.15, 0.2) is 18.3 Å². The predicted molar refractivity (Wildman–Crippen MR) is 108 cm³/mol. The molecule has 4 rings (SSSR count). The molecule has 29 heavy (non-hydrogen) atoms. The van der Waals surface area contributed by atoms with Crippen molar-refractivity contribution in [2.24, 2.45) is 0 Å². The van der Waals surface area contributed by atoms with Crippen LogP contribution in [0.3, 0.4) is 0 Å². The van der Waals surface area contributed by atoms with Gasteiger partial charge in [0, 0.05) is 38.6 Å². The first-order chi connectivity index (χ1) is 14.1. The van der Waals surface area contributed by atoms with Gasteiger partial charge in [0.2, 0.25) is 11.8 Å². The van der Waals surface area contributed by atoms with E-state index in [2.05, 4.69) is 30.7 Å². The van der Waals surface area contributed by atoms with Crippen molar-refractivity contribution in [1.29, 1.82) is 0 Å². The summed E-state index contributed by atoms with van der Waals surface area (Å²) in [6.45, 7) is 6.21. The van der Waals surface area contributed by atoms with Gasteiger partial charge in [-0.1, -0.05) is 0 Å². The SMILES string of the molecule is O=C1CCC(NC(=O)c2ccc(N3CCN(C4CCNCC4)CC3)cn2)C(=O)N1. The summed E-state index contributed by atoms with van der Waals surface area (Å²) < 4.78 is 0. The van der Waals surface area contributed by atoms with Crippen molar-refractivity contribution in [2.75, 3.05) is 44.2 Å². The summed E-state index contributed by atoms with van der Waals surface area (Å²) >= 11 is 0. The standard InChI is InChI=1S/C20H28N6O3/c27-18-4-3-17(20(29)24-18)23-19(28)16-2-1-15(13-22-16)26-11-9-25(10-12-26)14-5-7-21-8-6-14/h1-2,13-14,17,21H,3-12H2,(H,23,28)(H,24,27,29). The first-order valence-electron chi connectivity index (χ1n) is 10.4. The minimum atomic E-state index is -0.690. The van der Waals surface area contributed by atoms with Crippen LogP contribution in [0.2, 0.25) is 0 Å². The molecule has 0 aromatic carbocycles. The summed E-state index contributed by atoms with van der Waals surface area (Å²) in [5.41, 5.74) is 1.28. The lowest BCUT2D eigenvalue weighted by Crippen LogP contribution is -2.53. The third kappa shape index (κ3) is 4.73. The normalized spacial score (nSPS) is 24.3. The average molecular weight is 400 g/mol. The Hall–Kier alpha value is -2.52. The van der Waals surface area contributed by atoms with Gasteiger partial charge in [0.25, 0.3) is 5.91 Å². The number of carbonyl (C=O) groups excluding carboxylic acids is 3. The van der Waals surface area contributed by atoms with Gasteiger partial charge in [-0.05, 0) is 44.5 Å². The van der Waals surface area contributed by atoms with Gasteiger partial charge in [0.1, 0.15) is 11.7 Å². The number of nitrogens with zero attached hydrogens (tertiary/aromatic N) is 3. The fourth-order valence-corrected chi connectivity index (χ4v) is 4.29. The van der Waals surface area contributed by atoms with E-state index in [1.165, 1.54) is 12.8 Å². The molecule has 0 radical (unpaired) electrons. The molecule has 1 aromatic rings. The zero-order valence-electron chi connectivity index (χ0n) is 16.5. The average Bonchev–Trinajstić information content (AvgIpc) is 2.76. The monoisotopic (exact) mass is 400 g/mol. The van der Waals surface area contributed by atoms with Crippen LogP contribution in [0.1, 0.15) is 36.2 Å². The number of nitrogens with one attached hydrogen (secondary N) is 3. The summed E-state index contributed by atoms with van der Waals surface area (Å²) in [5, 5.41) is 8.31. The smallest absolute Gasteiger partial charge is 0.270 e. The lowest BCUT2D eigenvalue weighted by molar-refractivity contribution is -0.134. The number of imide groups is 1. The fourth-order valence-electron chi connectivity index (χ4n) is 4.29. The Morgan fingerprint density at radius 1 is 1.07 bits per heavy atom. The Morgan fingerprint density at radius 3 is 2.48 bits per heavy atom. The van der Waals surface area contributed by atoms with Crippen molar-refractivity contribution < 1.29 is 14.4 Å². The summed E-state index contributed by atoms with van der Waals surface area (Å²) in [5.74, 6) is -1.16. The molecular formula is C20H28N6O3. The lowest BCUT2D eigenvalue weighted by Gasteiger charge is -2.41. The molecule has 0 aliphatic carbocycles. The van der Waals surface area contributed by atoms with Gasteiger partial charge >= 0.3 is 0 Å². The molecule has 4 heterocycles. The number of pyridine rings is 1. The second-order valence-corrected chi connectivity index (χ2v) is 7.88. The van der Waals surface area contributed by atoms with Crippen LogP contribution in [0.4, 0.5) is 5.69 Å². The van der Waals surface area contributed by atoms with Crippen LogP contribution < -0.4 is 20.9 Å². The van der Waals surface area contributed by atoms with E-state index in [9.17, 15) is 14.4 Å². The number of anilines is 1. The van der Waals surface area contributed by atoms with Crippen molar-refractivity contribution in [3.8, 4) is 0 Å². The second-order valence-electron chi connectivity index (χ2n) is 7.88. The predicted octanol–water partition coefficient (Wildman–Crippen LogP) is -0.509. The molecule has 3 aliphatic heterocycles. The van der Waals surface area contributed by atoms with Crippen molar-refractivity contribution >= 4 is 23.4 Å². The van der Waals surface area contributed by atoms with E-state index in [1.54, 1.807) is 12.3 Å². The second kappa shape index (κ2) is 8.87. The zero-order valence-corrected chi connectivity index (χ0v) is 16.5. The first kappa shape index (κ1) is 19.8. The van der Waals surface area contributed by atoms with E-state index < -0.39 is 17.9 Å². The van der Waals surface area contributed by atoms with Crippen LogP contribution in [0.5, 0.6) is 0 Å². The molecule has 1 unspecified atom stereocenters. The van der Waals surface area contributed by atoms with Gasteiger partial charge in [0.15, 0.2) is 0 Å². The maximum atomic E-state index is 12.4. The maximum Gasteiger partial charge on any atom is 0.270 e. The van der Waals surface area contributed by atoms with Crippen molar-refractivity contribution in [3.05, 3.63) is 24.0 Å². The van der Waals surface area contributed by atoms with Gasteiger partial charge in [-0.3, -0.25) is 24.6 Å². The van der Waals surface area contributed by atoms with E-state index in [0.717, 1.165) is 45.0 Å². The molecule has 1 aromatic heterocycles. The number of hydrogen-bond donors (Lipinski definition) is 3. The Bertz CT molecular complexity index is 754. The topological polar surface area (TPSA) is 107 Å². The molecule has 3 aliphatic rings. The number of piperidine rings is 2. The number of rotatable bonds is 4. The molecule has 0 bridgehead atoms. The molecule has 0 spiro atoms. The van der Waals surface area contributed by atoms with E-state index >= 15 is 0 Å². The largest absolute Gasteiger partial charge is 0.368 e.